The van der Waals surface area contributed by atoms with E-state index in [1.54, 1.807) is 23.1 Å². The van der Waals surface area contributed by atoms with Crippen molar-refractivity contribution in [3.8, 4) is 11.5 Å². The molecule has 0 unspecified atom stereocenters. The van der Waals surface area contributed by atoms with Crippen LogP contribution in [0.5, 0.6) is 11.5 Å². The van der Waals surface area contributed by atoms with E-state index in [9.17, 15) is 24.6 Å². The fourth-order valence-corrected chi connectivity index (χ4v) is 7.45. The second-order valence-electron chi connectivity index (χ2n) is 11.8. The maximum atomic E-state index is 13.4. The van der Waals surface area contributed by atoms with Crippen molar-refractivity contribution < 1.29 is 34.1 Å². The number of aliphatic hydroxyl groups is 2. The number of amides is 2. The second-order valence-corrected chi connectivity index (χ2v) is 11.8. The minimum Gasteiger partial charge on any atom is -0.493 e. The lowest BCUT2D eigenvalue weighted by Gasteiger charge is -2.61. The molecule has 9 nitrogen and oxygen atoms in total. The van der Waals surface area contributed by atoms with Gasteiger partial charge in [-0.05, 0) is 60.6 Å². The Morgan fingerprint density at radius 1 is 1.29 bits per heavy atom. The molecular formula is C29H38N2O7. The van der Waals surface area contributed by atoms with Gasteiger partial charge in [-0.15, -0.1) is 0 Å². The van der Waals surface area contributed by atoms with Crippen LogP contribution in [-0.4, -0.2) is 78.3 Å². The number of aliphatic hydroxyl groups excluding tert-OH is 2. The van der Waals surface area contributed by atoms with Crippen molar-refractivity contribution in [2.45, 2.75) is 64.2 Å². The Balaban J connectivity index is 1.53. The molecule has 1 aromatic carbocycles. The highest BCUT2D eigenvalue weighted by molar-refractivity contribution is 5.96. The number of fused-ring (bicyclic) bond motifs is 5. The first-order valence-corrected chi connectivity index (χ1v) is 13.5. The zero-order valence-electron chi connectivity index (χ0n) is 22.5. The molecule has 4 aliphatic carbocycles. The quantitative estimate of drug-likeness (QED) is 0.443. The van der Waals surface area contributed by atoms with Crippen molar-refractivity contribution in [1.29, 1.82) is 0 Å². The molecule has 38 heavy (non-hydrogen) atoms. The van der Waals surface area contributed by atoms with Crippen LogP contribution in [0, 0.1) is 23.2 Å². The highest BCUT2D eigenvalue weighted by Gasteiger charge is 2.56. The maximum Gasteiger partial charge on any atom is 0.247 e. The number of ether oxygens (including phenoxy) is 2. The number of hydrogen-bond acceptors (Lipinski definition) is 7. The summed E-state index contributed by atoms with van der Waals surface area (Å²) in [7, 11) is 1.47. The van der Waals surface area contributed by atoms with Gasteiger partial charge >= 0.3 is 0 Å². The standard InChI is InChI=1S/C29H38N2O7/c1-15(34)31(13-17-5-6-18-11-21(17)29(18,2)3)22-12-20(28(36)30-7-8-32)24-19-9-16(14-33)10-23(37-4)26(19)38-27(24)25(22)35/h9-10,12,14,17-18,21-22,24-25,27,32,35H,5-8,11,13H2,1-4H3,(H,30,36)/t17-,18-,21-,22+,24-,25-,27-/m0/s1. The molecule has 0 aromatic heterocycles. The highest BCUT2D eigenvalue weighted by Crippen LogP contribution is 2.61. The Labute approximate surface area is 223 Å². The average molecular weight is 527 g/mol. The van der Waals surface area contributed by atoms with Crippen LogP contribution in [0.4, 0.5) is 0 Å². The topological polar surface area (TPSA) is 125 Å². The van der Waals surface area contributed by atoms with Crippen LogP contribution < -0.4 is 14.8 Å². The van der Waals surface area contributed by atoms with E-state index < -0.39 is 30.1 Å². The molecule has 206 valence electrons. The third-order valence-corrected chi connectivity index (χ3v) is 9.61. The number of nitrogens with zero attached hydrogens (tertiary/aromatic N) is 1. The van der Waals surface area contributed by atoms with Gasteiger partial charge in [-0.3, -0.25) is 14.4 Å². The smallest absolute Gasteiger partial charge is 0.247 e. The SMILES string of the molecule is COc1cc(C=O)cc2c1O[C@@H]1[C@@H](O)[C@H](N(C[C@@H]3CC[C@H]4C[C@@H]3C4(C)C)C(C)=O)C=C(C(=O)NCCO)[C@H]21. The zero-order chi connectivity index (χ0) is 27.4. The zero-order valence-corrected chi connectivity index (χ0v) is 22.5. The molecule has 9 heteroatoms. The molecule has 0 radical (unpaired) electrons. The van der Waals surface area contributed by atoms with Crippen molar-refractivity contribution in [3.05, 3.63) is 34.9 Å². The average Bonchev–Trinajstić information content (AvgIpc) is 3.30. The normalized spacial score (nSPS) is 32.1. The summed E-state index contributed by atoms with van der Waals surface area (Å²) in [6.07, 6.45) is 3.75. The molecule has 2 amide bonds. The summed E-state index contributed by atoms with van der Waals surface area (Å²) in [5.41, 5.74) is 1.51. The van der Waals surface area contributed by atoms with Crippen molar-refractivity contribution in [1.82, 2.24) is 10.2 Å². The van der Waals surface area contributed by atoms with Crippen LogP contribution in [0.1, 0.15) is 61.9 Å². The Morgan fingerprint density at radius 3 is 2.66 bits per heavy atom. The van der Waals surface area contributed by atoms with Crippen LogP contribution in [0.25, 0.3) is 0 Å². The summed E-state index contributed by atoms with van der Waals surface area (Å²) in [4.78, 5) is 39.7. The van der Waals surface area contributed by atoms with Gasteiger partial charge in [-0.2, -0.15) is 0 Å². The minimum atomic E-state index is -1.11. The van der Waals surface area contributed by atoms with E-state index in [1.807, 2.05) is 0 Å². The van der Waals surface area contributed by atoms with Gasteiger partial charge in [-0.25, -0.2) is 0 Å². The van der Waals surface area contributed by atoms with Crippen molar-refractivity contribution in [3.63, 3.8) is 0 Å². The molecule has 6 rings (SSSR count). The summed E-state index contributed by atoms with van der Waals surface area (Å²) in [5, 5.41) is 23.7. The first kappa shape index (κ1) is 26.7. The first-order chi connectivity index (χ1) is 18.1. The Bertz CT molecular complexity index is 1160. The first-order valence-electron chi connectivity index (χ1n) is 13.5. The van der Waals surface area contributed by atoms with Crippen LogP contribution in [-0.2, 0) is 9.59 Å². The number of aldehydes is 1. The number of nitrogens with one attached hydrogen (secondary N) is 1. The summed E-state index contributed by atoms with van der Waals surface area (Å²) in [6.45, 7) is 6.45. The van der Waals surface area contributed by atoms with Gasteiger partial charge < -0.3 is 29.9 Å². The van der Waals surface area contributed by atoms with E-state index in [0.717, 1.165) is 18.8 Å². The molecule has 1 aliphatic heterocycles. The number of rotatable bonds is 8. The molecule has 3 fully saturated rings. The van der Waals surface area contributed by atoms with Gasteiger partial charge in [-0.1, -0.05) is 13.8 Å². The van der Waals surface area contributed by atoms with Crippen molar-refractivity contribution in [2.24, 2.45) is 23.2 Å². The fraction of sp³-hybridized carbons (Fsp3) is 0.621. The third kappa shape index (κ3) is 4.20. The molecule has 0 spiro atoms. The van der Waals surface area contributed by atoms with Crippen LogP contribution >= 0.6 is 0 Å². The van der Waals surface area contributed by atoms with E-state index in [-0.39, 0.29) is 24.5 Å². The van der Waals surface area contributed by atoms with E-state index >= 15 is 0 Å². The summed E-state index contributed by atoms with van der Waals surface area (Å²) >= 11 is 0. The second kappa shape index (κ2) is 10.0. The van der Waals surface area contributed by atoms with Gasteiger partial charge in [0.15, 0.2) is 11.5 Å². The fourth-order valence-electron chi connectivity index (χ4n) is 7.45. The molecule has 5 aliphatic rings. The molecule has 3 N–H and O–H groups in total. The monoisotopic (exact) mass is 526 g/mol. The Morgan fingerprint density at radius 2 is 2.05 bits per heavy atom. The lowest BCUT2D eigenvalue weighted by atomic mass is 9.45. The number of benzene rings is 1. The lowest BCUT2D eigenvalue weighted by Crippen LogP contribution is -2.59. The molecule has 1 aromatic rings. The maximum absolute atomic E-state index is 13.4. The number of carbonyl (C=O) groups is 3. The Hall–Kier alpha value is -2.91. The summed E-state index contributed by atoms with van der Waals surface area (Å²) < 4.78 is 11.7. The van der Waals surface area contributed by atoms with Gasteiger partial charge in [0.2, 0.25) is 11.8 Å². The van der Waals surface area contributed by atoms with Gasteiger partial charge in [0.05, 0.1) is 25.7 Å². The van der Waals surface area contributed by atoms with E-state index in [2.05, 4.69) is 19.2 Å². The summed E-state index contributed by atoms with van der Waals surface area (Å²) in [6, 6.07) is 2.44. The lowest BCUT2D eigenvalue weighted by molar-refractivity contribution is -0.144. The molecular weight excluding hydrogens is 488 g/mol. The molecule has 1 heterocycles. The Kier molecular flexibility index (Phi) is 7.02. The molecule has 7 atom stereocenters. The number of hydrogen-bond donors (Lipinski definition) is 3. The van der Waals surface area contributed by atoms with Crippen LogP contribution in [0.2, 0.25) is 0 Å². The van der Waals surface area contributed by atoms with E-state index in [4.69, 9.17) is 9.47 Å². The van der Waals surface area contributed by atoms with Gasteiger partial charge in [0.25, 0.3) is 0 Å². The number of carbonyl (C=O) groups excluding carboxylic acids is 3. The van der Waals surface area contributed by atoms with Crippen LogP contribution in [0.3, 0.4) is 0 Å². The van der Waals surface area contributed by atoms with E-state index in [1.165, 1.54) is 20.5 Å². The van der Waals surface area contributed by atoms with Gasteiger partial charge in [0, 0.05) is 36.7 Å². The number of methoxy groups -OCH3 is 1. The largest absolute Gasteiger partial charge is 0.493 e. The van der Waals surface area contributed by atoms with Crippen molar-refractivity contribution >= 4 is 18.1 Å². The minimum absolute atomic E-state index is 0.0582. The third-order valence-electron chi connectivity index (χ3n) is 9.61. The highest BCUT2D eigenvalue weighted by atomic mass is 16.5. The molecule has 0 saturated heterocycles. The summed E-state index contributed by atoms with van der Waals surface area (Å²) in [5.74, 6) is 1.03. The van der Waals surface area contributed by atoms with E-state index in [0.29, 0.717) is 52.9 Å². The van der Waals surface area contributed by atoms with Crippen molar-refractivity contribution in [2.75, 3.05) is 26.8 Å². The predicted molar refractivity (Wildman–Crippen MR) is 139 cm³/mol. The molecule has 3 saturated carbocycles. The van der Waals surface area contributed by atoms with Gasteiger partial charge in [0.1, 0.15) is 18.5 Å². The predicted octanol–water partition coefficient (Wildman–Crippen LogP) is 2.05. The molecule has 2 bridgehead atoms. The van der Waals surface area contributed by atoms with Crippen LogP contribution in [0.15, 0.2) is 23.8 Å².